The van der Waals surface area contributed by atoms with E-state index in [1.165, 1.54) is 6.42 Å². The highest BCUT2D eigenvalue weighted by molar-refractivity contribution is 5.95. The molecule has 0 aliphatic carbocycles. The highest BCUT2D eigenvalue weighted by Crippen LogP contribution is 2.31. The number of nitrogens with zero attached hydrogens (tertiary/aromatic N) is 3. The van der Waals surface area contributed by atoms with Crippen molar-refractivity contribution in [3.8, 4) is 0 Å². The number of hydrogen-bond acceptors (Lipinski definition) is 6. The molecular weight excluding hydrogens is 244 g/mol. The molecule has 19 heavy (non-hydrogen) atoms. The molecule has 1 fully saturated rings. The number of anilines is 2. The van der Waals surface area contributed by atoms with E-state index in [9.17, 15) is 0 Å². The number of piperidine rings is 1. The fraction of sp³-hybridized carbons (Fsp3) is 0.538. The van der Waals surface area contributed by atoms with Gasteiger partial charge in [0.2, 0.25) is 0 Å². The Hall–Kier alpha value is -1.82. The van der Waals surface area contributed by atoms with Crippen LogP contribution in [-0.4, -0.2) is 35.1 Å². The standard InChI is InChI=1S/C13H18N4O2/c14-10-3-4-11(13-12(10)15-19-16-13)17-6-1-2-9(8-17)5-7-18/h3-4,9,18H,1-2,5-8,14H2. The van der Waals surface area contributed by atoms with Crippen LogP contribution in [0.15, 0.2) is 16.8 Å². The van der Waals surface area contributed by atoms with Crippen molar-refractivity contribution in [3.63, 3.8) is 0 Å². The molecule has 6 heteroatoms. The summed E-state index contributed by atoms with van der Waals surface area (Å²) in [6.45, 7) is 2.18. The molecule has 0 spiro atoms. The van der Waals surface area contributed by atoms with E-state index in [0.29, 0.717) is 17.1 Å². The zero-order valence-electron chi connectivity index (χ0n) is 10.7. The number of aliphatic hydroxyl groups excluding tert-OH is 1. The number of hydrogen-bond donors (Lipinski definition) is 2. The van der Waals surface area contributed by atoms with Crippen molar-refractivity contribution in [2.24, 2.45) is 5.92 Å². The van der Waals surface area contributed by atoms with Gasteiger partial charge in [0, 0.05) is 19.7 Å². The highest BCUT2D eigenvalue weighted by atomic mass is 16.6. The first kappa shape index (κ1) is 12.2. The Morgan fingerprint density at radius 3 is 3.05 bits per heavy atom. The minimum absolute atomic E-state index is 0.251. The molecule has 1 aliphatic rings. The van der Waals surface area contributed by atoms with Crippen molar-refractivity contribution < 1.29 is 9.74 Å². The van der Waals surface area contributed by atoms with Crippen molar-refractivity contribution in [3.05, 3.63) is 12.1 Å². The van der Waals surface area contributed by atoms with E-state index >= 15 is 0 Å². The van der Waals surface area contributed by atoms with E-state index in [1.807, 2.05) is 12.1 Å². The summed E-state index contributed by atoms with van der Waals surface area (Å²) < 4.78 is 4.80. The lowest BCUT2D eigenvalue weighted by Crippen LogP contribution is -2.35. The van der Waals surface area contributed by atoms with Gasteiger partial charge in [0.25, 0.3) is 0 Å². The lowest BCUT2D eigenvalue weighted by atomic mass is 9.94. The first-order valence-corrected chi connectivity index (χ1v) is 6.66. The predicted molar refractivity (Wildman–Crippen MR) is 72.9 cm³/mol. The molecule has 2 aromatic rings. The highest BCUT2D eigenvalue weighted by Gasteiger charge is 2.22. The number of nitrogen functional groups attached to an aromatic ring is 1. The van der Waals surface area contributed by atoms with E-state index in [0.717, 1.165) is 37.1 Å². The maximum atomic E-state index is 9.08. The van der Waals surface area contributed by atoms with Crippen molar-refractivity contribution in [2.45, 2.75) is 19.3 Å². The van der Waals surface area contributed by atoms with Crippen molar-refractivity contribution >= 4 is 22.4 Å². The smallest absolute Gasteiger partial charge is 0.160 e. The van der Waals surface area contributed by atoms with Gasteiger partial charge in [-0.05, 0) is 47.6 Å². The van der Waals surface area contributed by atoms with E-state index in [2.05, 4.69) is 15.2 Å². The lowest BCUT2D eigenvalue weighted by molar-refractivity contribution is 0.244. The van der Waals surface area contributed by atoms with Gasteiger partial charge in [0.15, 0.2) is 11.0 Å². The van der Waals surface area contributed by atoms with Gasteiger partial charge in [-0.1, -0.05) is 0 Å². The Morgan fingerprint density at radius 2 is 2.21 bits per heavy atom. The van der Waals surface area contributed by atoms with Crippen molar-refractivity contribution in [1.82, 2.24) is 10.3 Å². The van der Waals surface area contributed by atoms with Crippen LogP contribution < -0.4 is 10.6 Å². The molecule has 102 valence electrons. The van der Waals surface area contributed by atoms with Gasteiger partial charge in [-0.15, -0.1) is 0 Å². The molecule has 1 aliphatic heterocycles. The van der Waals surface area contributed by atoms with Crippen molar-refractivity contribution in [1.29, 1.82) is 0 Å². The molecular formula is C13H18N4O2. The van der Waals surface area contributed by atoms with Gasteiger partial charge in [-0.3, -0.25) is 0 Å². The zero-order valence-corrected chi connectivity index (χ0v) is 10.7. The number of nitrogens with two attached hydrogens (primary N) is 1. The van der Waals surface area contributed by atoms with E-state index in [1.54, 1.807) is 0 Å². The second-order valence-electron chi connectivity index (χ2n) is 5.10. The summed E-state index contributed by atoms with van der Waals surface area (Å²) in [5, 5.41) is 16.9. The maximum Gasteiger partial charge on any atom is 0.160 e. The summed E-state index contributed by atoms with van der Waals surface area (Å²) >= 11 is 0. The van der Waals surface area contributed by atoms with Crippen LogP contribution in [0, 0.1) is 5.92 Å². The summed E-state index contributed by atoms with van der Waals surface area (Å²) in [5.41, 5.74) is 8.82. The maximum absolute atomic E-state index is 9.08. The number of fused-ring (bicyclic) bond motifs is 1. The fourth-order valence-electron chi connectivity index (χ4n) is 2.83. The fourth-order valence-corrected chi connectivity index (χ4v) is 2.83. The van der Waals surface area contributed by atoms with Crippen LogP contribution in [0.5, 0.6) is 0 Å². The third-order valence-electron chi connectivity index (χ3n) is 3.82. The predicted octanol–water partition coefficient (Wildman–Crippen LogP) is 1.40. The summed E-state index contributed by atoms with van der Waals surface area (Å²) in [6, 6.07) is 3.82. The number of aliphatic hydroxyl groups is 1. The van der Waals surface area contributed by atoms with Crippen molar-refractivity contribution in [2.75, 3.05) is 30.3 Å². The van der Waals surface area contributed by atoms with Gasteiger partial charge >= 0.3 is 0 Å². The summed E-state index contributed by atoms with van der Waals surface area (Å²) in [4.78, 5) is 2.29. The van der Waals surface area contributed by atoms with Crippen LogP contribution in [-0.2, 0) is 0 Å². The molecule has 1 atom stereocenters. The summed E-state index contributed by atoms with van der Waals surface area (Å²) in [6.07, 6.45) is 3.15. The normalized spacial score (nSPS) is 20.1. The topological polar surface area (TPSA) is 88.4 Å². The lowest BCUT2D eigenvalue weighted by Gasteiger charge is -2.34. The number of rotatable bonds is 3. The van der Waals surface area contributed by atoms with Crippen LogP contribution in [0.4, 0.5) is 11.4 Å². The Kier molecular flexibility index (Phi) is 3.25. The van der Waals surface area contributed by atoms with E-state index in [4.69, 9.17) is 15.5 Å². The third-order valence-corrected chi connectivity index (χ3v) is 3.82. The Morgan fingerprint density at radius 1 is 1.37 bits per heavy atom. The molecule has 1 unspecified atom stereocenters. The minimum atomic E-state index is 0.251. The Bertz CT molecular complexity index is 567. The molecule has 1 aromatic heterocycles. The second-order valence-corrected chi connectivity index (χ2v) is 5.10. The second kappa shape index (κ2) is 5.05. The molecule has 3 N–H and O–H groups in total. The number of benzene rings is 1. The monoisotopic (exact) mass is 262 g/mol. The largest absolute Gasteiger partial charge is 0.397 e. The minimum Gasteiger partial charge on any atom is -0.397 e. The van der Waals surface area contributed by atoms with Crippen LogP contribution in [0.25, 0.3) is 11.0 Å². The number of aromatic nitrogens is 2. The molecule has 0 amide bonds. The first-order chi connectivity index (χ1) is 9.29. The molecule has 1 aromatic carbocycles. The summed E-state index contributed by atoms with van der Waals surface area (Å²) in [5.74, 6) is 0.534. The average molecular weight is 262 g/mol. The Labute approximate surface area is 111 Å². The summed E-state index contributed by atoms with van der Waals surface area (Å²) in [7, 11) is 0. The molecule has 0 bridgehead atoms. The molecule has 1 saturated heterocycles. The third kappa shape index (κ3) is 2.23. The van der Waals surface area contributed by atoms with E-state index < -0.39 is 0 Å². The van der Waals surface area contributed by atoms with Gasteiger partial charge < -0.3 is 15.7 Å². The Balaban J connectivity index is 1.91. The quantitative estimate of drug-likeness (QED) is 0.813. The van der Waals surface area contributed by atoms with Gasteiger partial charge in [0.1, 0.15) is 0 Å². The first-order valence-electron chi connectivity index (χ1n) is 6.66. The van der Waals surface area contributed by atoms with E-state index in [-0.39, 0.29) is 6.61 Å². The van der Waals surface area contributed by atoms with Gasteiger partial charge in [-0.2, -0.15) is 0 Å². The molecule has 0 saturated carbocycles. The molecule has 3 rings (SSSR count). The van der Waals surface area contributed by atoms with Crippen LogP contribution >= 0.6 is 0 Å². The van der Waals surface area contributed by atoms with Crippen LogP contribution in [0.2, 0.25) is 0 Å². The molecule has 0 radical (unpaired) electrons. The SMILES string of the molecule is Nc1ccc(N2CCCC(CCO)C2)c2nonc12. The van der Waals surface area contributed by atoms with Crippen LogP contribution in [0.3, 0.4) is 0 Å². The zero-order chi connectivity index (χ0) is 13.2. The average Bonchev–Trinajstić information content (AvgIpc) is 2.90. The van der Waals surface area contributed by atoms with Crippen LogP contribution in [0.1, 0.15) is 19.3 Å². The molecule has 2 heterocycles. The molecule has 6 nitrogen and oxygen atoms in total. The van der Waals surface area contributed by atoms with Gasteiger partial charge in [0.05, 0.1) is 11.4 Å². The van der Waals surface area contributed by atoms with Gasteiger partial charge in [-0.25, -0.2) is 4.63 Å².